The summed E-state index contributed by atoms with van der Waals surface area (Å²) in [6.45, 7) is 2.62. The number of hydrogen-bond donors (Lipinski definition) is 1. The Morgan fingerprint density at radius 1 is 1.44 bits per heavy atom. The summed E-state index contributed by atoms with van der Waals surface area (Å²) in [4.78, 5) is 23.3. The summed E-state index contributed by atoms with van der Waals surface area (Å²) in [5.41, 5.74) is -1.70. The lowest BCUT2D eigenvalue weighted by Gasteiger charge is -2.23. The molecule has 92 valence electrons. The molecule has 1 saturated carbocycles. The van der Waals surface area contributed by atoms with Crippen molar-refractivity contribution in [2.75, 3.05) is 13.1 Å². The second-order valence-corrected chi connectivity index (χ2v) is 4.33. The van der Waals surface area contributed by atoms with Gasteiger partial charge in [-0.15, -0.1) is 0 Å². The maximum Gasteiger partial charge on any atom is 0.323 e. The molecule has 1 fully saturated rings. The van der Waals surface area contributed by atoms with E-state index in [4.69, 9.17) is 5.11 Å². The average Bonchev–Trinajstić information content (AvgIpc) is 2.65. The molecule has 0 saturated heterocycles. The third-order valence-electron chi connectivity index (χ3n) is 2.84. The number of carboxylic acid groups (broad SMARTS) is 1. The van der Waals surface area contributed by atoms with Crippen LogP contribution in [0, 0.1) is 5.41 Å². The molecule has 0 aromatic rings. The third kappa shape index (κ3) is 2.15. The van der Waals surface area contributed by atoms with Gasteiger partial charge in [0.05, 0.1) is 0 Å². The van der Waals surface area contributed by atoms with Gasteiger partial charge in [-0.05, 0) is 13.3 Å². The van der Waals surface area contributed by atoms with Gasteiger partial charge in [0.2, 0.25) is 5.91 Å². The molecule has 4 nitrogen and oxygen atoms in total. The van der Waals surface area contributed by atoms with E-state index in [1.54, 1.807) is 6.92 Å². The molecule has 0 aromatic carbocycles. The first-order valence-electron chi connectivity index (χ1n) is 5.13. The molecule has 0 aliphatic heterocycles. The highest BCUT2D eigenvalue weighted by Gasteiger charge is 2.73. The minimum atomic E-state index is -2.99. The fourth-order valence-corrected chi connectivity index (χ4v) is 1.67. The summed E-state index contributed by atoms with van der Waals surface area (Å²) in [6.07, 6.45) is 0.0549. The molecule has 1 N–H and O–H groups in total. The van der Waals surface area contributed by atoms with Gasteiger partial charge < -0.3 is 10.0 Å². The van der Waals surface area contributed by atoms with Crippen LogP contribution in [0.3, 0.4) is 0 Å². The molecule has 1 rings (SSSR count). The largest absolute Gasteiger partial charge is 0.480 e. The van der Waals surface area contributed by atoms with Gasteiger partial charge in [0.15, 0.2) is 0 Å². The van der Waals surface area contributed by atoms with Crippen LogP contribution in [0.5, 0.6) is 0 Å². The number of amides is 1. The van der Waals surface area contributed by atoms with Crippen LogP contribution in [0.15, 0.2) is 0 Å². The number of nitrogens with zero attached hydrogens (tertiary/aromatic N) is 1. The lowest BCUT2D eigenvalue weighted by molar-refractivity contribution is -0.148. The Labute approximate surface area is 92.2 Å². The van der Waals surface area contributed by atoms with Gasteiger partial charge in [-0.2, -0.15) is 0 Å². The zero-order chi connectivity index (χ0) is 12.6. The molecule has 6 heteroatoms. The number of rotatable bonds is 5. The maximum atomic E-state index is 13.0. The summed E-state index contributed by atoms with van der Waals surface area (Å²) in [5, 5.41) is 8.59. The molecule has 1 atom stereocenters. The van der Waals surface area contributed by atoms with Crippen LogP contribution in [0.1, 0.15) is 26.7 Å². The number of carbonyl (C=O) groups excluding carboxylic acids is 1. The number of alkyl halides is 2. The van der Waals surface area contributed by atoms with Crippen molar-refractivity contribution in [1.82, 2.24) is 4.90 Å². The van der Waals surface area contributed by atoms with Crippen LogP contribution >= 0.6 is 0 Å². The first kappa shape index (κ1) is 12.9. The molecule has 0 spiro atoms. The Balaban J connectivity index is 2.73. The van der Waals surface area contributed by atoms with E-state index in [0.29, 0.717) is 6.42 Å². The van der Waals surface area contributed by atoms with E-state index in [1.807, 2.05) is 0 Å². The number of halogens is 2. The lowest BCUT2D eigenvalue weighted by Crippen LogP contribution is -2.42. The van der Waals surface area contributed by atoms with Crippen molar-refractivity contribution < 1.29 is 23.5 Å². The Morgan fingerprint density at radius 2 is 1.94 bits per heavy atom. The van der Waals surface area contributed by atoms with Gasteiger partial charge in [0.1, 0.15) is 12.0 Å². The van der Waals surface area contributed by atoms with Crippen molar-refractivity contribution in [3.63, 3.8) is 0 Å². The molecule has 0 heterocycles. The van der Waals surface area contributed by atoms with E-state index in [0.717, 1.165) is 4.90 Å². The second-order valence-electron chi connectivity index (χ2n) is 4.33. The Bertz CT molecular complexity index is 319. The highest BCUT2D eigenvalue weighted by Crippen LogP contribution is 2.61. The molecule has 1 amide bonds. The molecule has 16 heavy (non-hydrogen) atoms. The molecule has 0 aromatic heterocycles. The number of hydrogen-bond acceptors (Lipinski definition) is 2. The number of carbonyl (C=O) groups is 2. The topological polar surface area (TPSA) is 57.6 Å². The molecule has 1 aliphatic carbocycles. The van der Waals surface area contributed by atoms with E-state index in [1.165, 1.54) is 6.92 Å². The molecule has 0 bridgehead atoms. The van der Waals surface area contributed by atoms with Gasteiger partial charge in [0.25, 0.3) is 5.92 Å². The van der Waals surface area contributed by atoms with E-state index in [9.17, 15) is 18.4 Å². The highest BCUT2D eigenvalue weighted by atomic mass is 19.3. The normalized spacial score (nSPS) is 26.2. The summed E-state index contributed by atoms with van der Waals surface area (Å²) >= 11 is 0. The fourth-order valence-electron chi connectivity index (χ4n) is 1.67. The average molecular weight is 235 g/mol. The van der Waals surface area contributed by atoms with Crippen molar-refractivity contribution in [2.45, 2.75) is 32.6 Å². The monoisotopic (exact) mass is 235 g/mol. The summed E-state index contributed by atoms with van der Waals surface area (Å²) in [5.74, 6) is -4.94. The SMILES string of the molecule is CCCN(CC(=O)O)C(=O)C1(C)CC1(F)F. The third-order valence-corrected chi connectivity index (χ3v) is 2.84. The Morgan fingerprint density at radius 3 is 2.25 bits per heavy atom. The van der Waals surface area contributed by atoms with E-state index < -0.39 is 36.2 Å². The maximum absolute atomic E-state index is 13.0. The van der Waals surface area contributed by atoms with Crippen molar-refractivity contribution >= 4 is 11.9 Å². The van der Waals surface area contributed by atoms with E-state index in [2.05, 4.69) is 0 Å². The van der Waals surface area contributed by atoms with Crippen LogP contribution in [0.2, 0.25) is 0 Å². The summed E-state index contributed by atoms with van der Waals surface area (Å²) in [6, 6.07) is 0. The minimum Gasteiger partial charge on any atom is -0.480 e. The van der Waals surface area contributed by atoms with Crippen LogP contribution in [-0.4, -0.2) is 40.9 Å². The van der Waals surface area contributed by atoms with Crippen molar-refractivity contribution in [1.29, 1.82) is 0 Å². The summed E-state index contributed by atoms with van der Waals surface area (Å²) < 4.78 is 25.9. The van der Waals surface area contributed by atoms with Gasteiger partial charge in [-0.1, -0.05) is 6.92 Å². The van der Waals surface area contributed by atoms with Crippen LogP contribution in [-0.2, 0) is 9.59 Å². The first-order valence-corrected chi connectivity index (χ1v) is 5.13. The molecule has 1 aliphatic rings. The highest BCUT2D eigenvalue weighted by molar-refractivity contribution is 5.89. The fraction of sp³-hybridized carbons (Fsp3) is 0.800. The zero-order valence-corrected chi connectivity index (χ0v) is 9.30. The van der Waals surface area contributed by atoms with Gasteiger partial charge in [0, 0.05) is 13.0 Å². The molecular weight excluding hydrogens is 220 g/mol. The minimum absolute atomic E-state index is 0.191. The zero-order valence-electron chi connectivity index (χ0n) is 9.30. The van der Waals surface area contributed by atoms with Crippen LogP contribution in [0.4, 0.5) is 8.78 Å². The van der Waals surface area contributed by atoms with Crippen LogP contribution < -0.4 is 0 Å². The summed E-state index contributed by atoms with van der Waals surface area (Å²) in [7, 11) is 0. The Hall–Kier alpha value is -1.20. The van der Waals surface area contributed by atoms with Crippen molar-refractivity contribution in [3.05, 3.63) is 0 Å². The predicted molar refractivity (Wildman–Crippen MR) is 52.2 cm³/mol. The number of aliphatic carboxylic acids is 1. The molecule has 0 radical (unpaired) electrons. The first-order chi connectivity index (χ1) is 7.24. The predicted octanol–water partition coefficient (Wildman–Crippen LogP) is 1.35. The van der Waals surface area contributed by atoms with Gasteiger partial charge in [-0.3, -0.25) is 9.59 Å². The van der Waals surface area contributed by atoms with E-state index >= 15 is 0 Å². The second kappa shape index (κ2) is 3.99. The quantitative estimate of drug-likeness (QED) is 0.782. The molecular formula is C10H15F2NO3. The standard InChI is InChI=1S/C10H15F2NO3/c1-3-4-13(5-7(14)15)8(16)9(2)6-10(9,11)12/h3-6H2,1-2H3,(H,14,15). The number of carboxylic acids is 1. The van der Waals surface area contributed by atoms with Gasteiger partial charge >= 0.3 is 5.97 Å². The van der Waals surface area contributed by atoms with Crippen molar-refractivity contribution in [2.24, 2.45) is 5.41 Å². The van der Waals surface area contributed by atoms with Crippen LogP contribution in [0.25, 0.3) is 0 Å². The molecule has 1 unspecified atom stereocenters. The van der Waals surface area contributed by atoms with E-state index in [-0.39, 0.29) is 6.54 Å². The van der Waals surface area contributed by atoms with Gasteiger partial charge in [-0.25, -0.2) is 8.78 Å². The van der Waals surface area contributed by atoms with Crippen molar-refractivity contribution in [3.8, 4) is 0 Å². The lowest BCUT2D eigenvalue weighted by atomic mass is 10.1. The Kier molecular flexibility index (Phi) is 3.21. The smallest absolute Gasteiger partial charge is 0.323 e.